The van der Waals surface area contributed by atoms with Gasteiger partial charge in [-0.2, -0.15) is 0 Å². The molecule has 1 aromatic rings. The van der Waals surface area contributed by atoms with Gasteiger partial charge < -0.3 is 15.2 Å². The van der Waals surface area contributed by atoms with Gasteiger partial charge in [0.05, 0.1) is 6.10 Å². The Balaban J connectivity index is 1.91. The lowest BCUT2D eigenvalue weighted by Crippen LogP contribution is -2.26. The van der Waals surface area contributed by atoms with E-state index >= 15 is 0 Å². The van der Waals surface area contributed by atoms with E-state index in [0.717, 1.165) is 31.4 Å². The first-order chi connectivity index (χ1) is 8.60. The predicted molar refractivity (Wildman–Crippen MR) is 63.3 cm³/mol. The second-order valence-corrected chi connectivity index (χ2v) is 4.66. The van der Waals surface area contributed by atoms with E-state index in [1.54, 1.807) is 7.11 Å². The van der Waals surface area contributed by atoms with Crippen LogP contribution in [0.15, 0.2) is 12.1 Å². The Kier molecular flexibility index (Phi) is 4.14. The van der Waals surface area contributed by atoms with E-state index < -0.39 is 17.4 Å². The topological polar surface area (TPSA) is 41.5 Å². The van der Waals surface area contributed by atoms with Crippen LogP contribution in [0.25, 0.3) is 0 Å². The van der Waals surface area contributed by atoms with E-state index in [1.807, 2.05) is 0 Å². The first-order valence-corrected chi connectivity index (χ1v) is 6.03. The zero-order chi connectivity index (χ0) is 13.1. The molecule has 0 spiro atoms. The highest BCUT2D eigenvalue weighted by atomic mass is 19.1. The zero-order valence-electron chi connectivity index (χ0n) is 10.2. The molecule has 2 atom stereocenters. The van der Waals surface area contributed by atoms with Crippen LogP contribution in [-0.4, -0.2) is 24.4 Å². The van der Waals surface area contributed by atoms with Gasteiger partial charge in [-0.05, 0) is 37.0 Å². The Morgan fingerprint density at radius 1 is 1.33 bits per heavy atom. The van der Waals surface area contributed by atoms with Crippen molar-refractivity contribution in [2.24, 2.45) is 0 Å². The summed E-state index contributed by atoms with van der Waals surface area (Å²) in [5, 5.41) is 12.2. The molecule has 1 aromatic carbocycles. The third-order valence-corrected chi connectivity index (χ3v) is 3.39. The Morgan fingerprint density at radius 2 is 2.00 bits per heavy atom. The largest absolute Gasteiger partial charge is 0.503 e. The summed E-state index contributed by atoms with van der Waals surface area (Å²) >= 11 is 0. The molecule has 0 heterocycles. The lowest BCUT2D eigenvalue weighted by Gasteiger charge is -2.13. The molecule has 1 aliphatic rings. The molecule has 0 saturated heterocycles. The molecule has 2 rings (SSSR count). The molecule has 2 unspecified atom stereocenters. The van der Waals surface area contributed by atoms with Crippen molar-refractivity contribution >= 4 is 0 Å². The van der Waals surface area contributed by atoms with Gasteiger partial charge in [-0.1, -0.05) is 0 Å². The molecule has 1 fully saturated rings. The minimum atomic E-state index is -0.923. The van der Waals surface area contributed by atoms with Crippen molar-refractivity contribution < 1.29 is 18.6 Å². The summed E-state index contributed by atoms with van der Waals surface area (Å²) in [6.45, 7) is 0.384. The lowest BCUT2D eigenvalue weighted by atomic mass is 10.1. The van der Waals surface area contributed by atoms with Gasteiger partial charge in [0.1, 0.15) is 0 Å². The summed E-state index contributed by atoms with van der Waals surface area (Å²) in [5.41, 5.74) is 0.490. The molecule has 5 heteroatoms. The molecule has 18 heavy (non-hydrogen) atoms. The fourth-order valence-corrected chi connectivity index (χ4v) is 2.32. The second kappa shape index (κ2) is 5.63. The Bertz CT molecular complexity index is 402. The summed E-state index contributed by atoms with van der Waals surface area (Å²) < 4.78 is 31.5. The molecular weight excluding hydrogens is 240 g/mol. The van der Waals surface area contributed by atoms with Gasteiger partial charge in [0.15, 0.2) is 17.4 Å². The summed E-state index contributed by atoms with van der Waals surface area (Å²) in [6.07, 6.45) is 3.20. The summed E-state index contributed by atoms with van der Waals surface area (Å²) in [5.74, 6) is -2.76. The van der Waals surface area contributed by atoms with Crippen LogP contribution in [0.3, 0.4) is 0 Å². The molecule has 0 bridgehead atoms. The van der Waals surface area contributed by atoms with Crippen molar-refractivity contribution in [2.45, 2.75) is 38.0 Å². The summed E-state index contributed by atoms with van der Waals surface area (Å²) in [4.78, 5) is 0. The highest BCUT2D eigenvalue weighted by Gasteiger charge is 2.23. The number of rotatable bonds is 4. The number of halogens is 2. The third kappa shape index (κ3) is 2.97. The van der Waals surface area contributed by atoms with Crippen molar-refractivity contribution in [3.8, 4) is 5.75 Å². The minimum Gasteiger partial charge on any atom is -0.503 e. The van der Waals surface area contributed by atoms with E-state index in [9.17, 15) is 8.78 Å². The number of phenols is 1. The van der Waals surface area contributed by atoms with Gasteiger partial charge in [0.2, 0.25) is 0 Å². The van der Waals surface area contributed by atoms with E-state index in [-0.39, 0.29) is 6.10 Å². The van der Waals surface area contributed by atoms with Crippen molar-refractivity contribution in [3.05, 3.63) is 29.3 Å². The average Bonchev–Trinajstić information content (AvgIpc) is 2.81. The van der Waals surface area contributed by atoms with E-state index in [1.165, 1.54) is 0 Å². The highest BCUT2D eigenvalue weighted by molar-refractivity contribution is 5.29. The van der Waals surface area contributed by atoms with Crippen LogP contribution >= 0.6 is 0 Å². The monoisotopic (exact) mass is 257 g/mol. The Labute approximate surface area is 105 Å². The minimum absolute atomic E-state index is 0.274. The van der Waals surface area contributed by atoms with Crippen molar-refractivity contribution in [1.82, 2.24) is 5.32 Å². The molecular formula is C13H17F2NO2. The van der Waals surface area contributed by atoms with Crippen molar-refractivity contribution in [1.29, 1.82) is 0 Å². The number of benzene rings is 1. The van der Waals surface area contributed by atoms with Crippen LogP contribution in [0.2, 0.25) is 0 Å². The fraction of sp³-hybridized carbons (Fsp3) is 0.538. The first-order valence-electron chi connectivity index (χ1n) is 6.03. The highest BCUT2D eigenvalue weighted by Crippen LogP contribution is 2.23. The smallest absolute Gasteiger partial charge is 0.187 e. The third-order valence-electron chi connectivity index (χ3n) is 3.39. The number of hydrogen-bond acceptors (Lipinski definition) is 3. The van der Waals surface area contributed by atoms with Gasteiger partial charge in [-0.25, -0.2) is 8.78 Å². The molecule has 2 N–H and O–H groups in total. The van der Waals surface area contributed by atoms with Crippen LogP contribution in [0, 0.1) is 11.6 Å². The zero-order valence-corrected chi connectivity index (χ0v) is 10.2. The second-order valence-electron chi connectivity index (χ2n) is 4.66. The number of ether oxygens (including phenoxy) is 1. The average molecular weight is 257 g/mol. The van der Waals surface area contributed by atoms with Crippen LogP contribution < -0.4 is 5.32 Å². The van der Waals surface area contributed by atoms with Crippen LogP contribution in [0.1, 0.15) is 24.8 Å². The van der Waals surface area contributed by atoms with Crippen LogP contribution in [0.4, 0.5) is 8.78 Å². The molecule has 3 nitrogen and oxygen atoms in total. The Morgan fingerprint density at radius 3 is 2.56 bits per heavy atom. The standard InChI is InChI=1S/C13H17F2NO2/c1-18-10-3-2-9(6-10)16-7-8-4-11(14)13(17)12(15)5-8/h4-5,9-10,16-17H,2-3,6-7H2,1H3. The van der Waals surface area contributed by atoms with Gasteiger partial charge in [0.25, 0.3) is 0 Å². The van der Waals surface area contributed by atoms with Gasteiger partial charge in [-0.3, -0.25) is 0 Å². The number of hydrogen-bond donors (Lipinski definition) is 2. The molecule has 1 aliphatic carbocycles. The van der Waals surface area contributed by atoms with Gasteiger partial charge in [0, 0.05) is 19.7 Å². The lowest BCUT2D eigenvalue weighted by molar-refractivity contribution is 0.107. The molecule has 0 aliphatic heterocycles. The van der Waals surface area contributed by atoms with Gasteiger partial charge in [-0.15, -0.1) is 0 Å². The summed E-state index contributed by atoms with van der Waals surface area (Å²) in [7, 11) is 1.69. The Hall–Kier alpha value is -1.20. The maximum atomic E-state index is 13.1. The number of methoxy groups -OCH3 is 1. The van der Waals surface area contributed by atoms with E-state index in [4.69, 9.17) is 9.84 Å². The number of nitrogens with one attached hydrogen (secondary N) is 1. The normalized spacial score (nSPS) is 23.5. The maximum absolute atomic E-state index is 13.1. The number of phenolic OH excluding ortho intramolecular Hbond substituents is 1. The quantitative estimate of drug-likeness (QED) is 0.869. The maximum Gasteiger partial charge on any atom is 0.187 e. The van der Waals surface area contributed by atoms with Crippen molar-refractivity contribution in [3.63, 3.8) is 0 Å². The molecule has 1 saturated carbocycles. The van der Waals surface area contributed by atoms with E-state index in [0.29, 0.717) is 18.2 Å². The fourth-order valence-electron chi connectivity index (χ4n) is 2.32. The first kappa shape index (κ1) is 13.2. The van der Waals surface area contributed by atoms with Crippen molar-refractivity contribution in [2.75, 3.05) is 7.11 Å². The van der Waals surface area contributed by atoms with Gasteiger partial charge >= 0.3 is 0 Å². The SMILES string of the molecule is COC1CCC(NCc2cc(F)c(O)c(F)c2)C1. The molecule has 100 valence electrons. The molecule has 0 amide bonds. The van der Waals surface area contributed by atoms with Crippen LogP contribution in [-0.2, 0) is 11.3 Å². The van der Waals surface area contributed by atoms with Crippen LogP contribution in [0.5, 0.6) is 5.75 Å². The van der Waals surface area contributed by atoms with E-state index in [2.05, 4.69) is 5.32 Å². The molecule has 0 aromatic heterocycles. The summed E-state index contributed by atoms with van der Waals surface area (Å²) in [6, 6.07) is 2.61. The molecule has 0 radical (unpaired) electrons. The number of aromatic hydroxyl groups is 1. The predicted octanol–water partition coefficient (Wildman–Crippen LogP) is 2.33.